The number of hydrogen-bond donors (Lipinski definition) is 0. The Labute approximate surface area is 152 Å². The zero-order chi connectivity index (χ0) is 17.6. The van der Waals surface area contributed by atoms with Crippen LogP contribution in [-0.4, -0.2) is 102 Å². The minimum Gasteiger partial charge on any atom is -0.357 e. The molecule has 24 heavy (non-hydrogen) atoms. The zero-order valence-corrected chi connectivity index (χ0v) is 17.4. The monoisotopic (exact) mass is 357 g/mol. The van der Waals surface area contributed by atoms with E-state index in [0.29, 0.717) is 9.52 Å². The van der Waals surface area contributed by atoms with Crippen molar-refractivity contribution in [2.45, 2.75) is 46.4 Å². The van der Waals surface area contributed by atoms with E-state index in [1.54, 1.807) is 0 Å². The number of nitrogens with zero attached hydrogens (tertiary/aromatic N) is 3. The molecule has 1 fully saturated rings. The molecule has 0 unspecified atom stereocenters. The Morgan fingerprint density at radius 1 is 0.833 bits per heavy atom. The highest BCUT2D eigenvalue weighted by Crippen LogP contribution is 2.04. The largest absolute Gasteiger partial charge is 0.357 e. The van der Waals surface area contributed by atoms with Crippen LogP contribution in [0.5, 0.6) is 0 Å². The summed E-state index contributed by atoms with van der Waals surface area (Å²) < 4.78 is 11.3. The Hall–Kier alpha value is 0.0169. The van der Waals surface area contributed by atoms with Gasteiger partial charge in [0.1, 0.15) is 15.4 Å². The average Bonchev–Trinajstić information content (AvgIpc) is 2.59. The van der Waals surface area contributed by atoms with Crippen molar-refractivity contribution in [3.05, 3.63) is 0 Å². The standard InChI is InChI=1S/C18H39N3O2Si/c1-5-9-19(10-6-2)11-12-20-13-15-21(16-14-20)17-24-18(22-7-3)23-8-4/h18H,5-17H2,1-4H3. The molecule has 1 aliphatic rings. The van der Waals surface area contributed by atoms with Gasteiger partial charge in [-0.15, -0.1) is 0 Å². The summed E-state index contributed by atoms with van der Waals surface area (Å²) >= 11 is 0. The van der Waals surface area contributed by atoms with Crippen molar-refractivity contribution < 1.29 is 9.47 Å². The van der Waals surface area contributed by atoms with E-state index in [9.17, 15) is 0 Å². The lowest BCUT2D eigenvalue weighted by Crippen LogP contribution is -2.50. The summed E-state index contributed by atoms with van der Waals surface area (Å²) in [7, 11) is 0.711. The summed E-state index contributed by atoms with van der Waals surface area (Å²) in [6.45, 7) is 19.8. The van der Waals surface area contributed by atoms with Gasteiger partial charge in [-0.2, -0.15) is 0 Å². The summed E-state index contributed by atoms with van der Waals surface area (Å²) in [5.74, 6) is -0.00493. The van der Waals surface area contributed by atoms with Gasteiger partial charge in [0.15, 0.2) is 0 Å². The fourth-order valence-corrected chi connectivity index (χ4v) is 4.39. The van der Waals surface area contributed by atoms with Gasteiger partial charge in [0.05, 0.1) is 0 Å². The van der Waals surface area contributed by atoms with Crippen LogP contribution >= 0.6 is 0 Å². The third kappa shape index (κ3) is 9.49. The van der Waals surface area contributed by atoms with E-state index in [1.165, 1.54) is 65.2 Å². The molecular weight excluding hydrogens is 318 g/mol. The summed E-state index contributed by atoms with van der Waals surface area (Å²) in [6, 6.07) is 0. The molecule has 0 aromatic rings. The van der Waals surface area contributed by atoms with Crippen molar-refractivity contribution in [1.82, 2.24) is 14.7 Å². The number of hydrogen-bond acceptors (Lipinski definition) is 5. The molecule has 0 aromatic carbocycles. The second-order valence-corrected chi connectivity index (χ2v) is 7.60. The Morgan fingerprint density at radius 2 is 1.38 bits per heavy atom. The van der Waals surface area contributed by atoms with Crippen molar-refractivity contribution in [3.8, 4) is 0 Å². The van der Waals surface area contributed by atoms with E-state index in [0.717, 1.165) is 19.4 Å². The van der Waals surface area contributed by atoms with Crippen LogP contribution in [0.3, 0.4) is 0 Å². The molecule has 0 bridgehead atoms. The van der Waals surface area contributed by atoms with E-state index >= 15 is 0 Å². The molecule has 142 valence electrons. The van der Waals surface area contributed by atoms with Crippen LogP contribution in [0.15, 0.2) is 0 Å². The van der Waals surface area contributed by atoms with Gasteiger partial charge in [-0.1, -0.05) is 13.8 Å². The SMILES string of the molecule is CCCN(CCC)CCN1CCN(C[Si]C(OCC)OCC)CC1. The Kier molecular flexibility index (Phi) is 13.1. The lowest BCUT2D eigenvalue weighted by atomic mass is 10.3. The minimum atomic E-state index is -0.00493. The van der Waals surface area contributed by atoms with Gasteiger partial charge >= 0.3 is 0 Å². The summed E-state index contributed by atoms with van der Waals surface area (Å²) in [5.41, 5.74) is 0. The maximum absolute atomic E-state index is 5.65. The zero-order valence-electron chi connectivity index (χ0n) is 16.4. The van der Waals surface area contributed by atoms with Crippen molar-refractivity contribution >= 4 is 9.52 Å². The molecule has 6 heteroatoms. The van der Waals surface area contributed by atoms with E-state index in [1.807, 2.05) is 13.8 Å². The van der Waals surface area contributed by atoms with Crippen LogP contribution in [0.25, 0.3) is 0 Å². The van der Waals surface area contributed by atoms with Crippen molar-refractivity contribution in [1.29, 1.82) is 0 Å². The lowest BCUT2D eigenvalue weighted by Gasteiger charge is -2.36. The smallest absolute Gasteiger partial charge is 0.138 e. The molecule has 1 rings (SSSR count). The summed E-state index contributed by atoms with van der Waals surface area (Å²) in [4.78, 5) is 7.80. The first kappa shape index (κ1) is 22.1. The predicted molar refractivity (Wildman–Crippen MR) is 103 cm³/mol. The van der Waals surface area contributed by atoms with Crippen molar-refractivity contribution in [2.24, 2.45) is 0 Å². The first-order chi connectivity index (χ1) is 11.7. The maximum Gasteiger partial charge on any atom is 0.138 e. The van der Waals surface area contributed by atoms with E-state index in [-0.39, 0.29) is 5.91 Å². The highest BCUT2D eigenvalue weighted by atomic mass is 28.2. The first-order valence-electron chi connectivity index (χ1n) is 9.87. The average molecular weight is 358 g/mol. The number of ether oxygens (including phenoxy) is 2. The van der Waals surface area contributed by atoms with E-state index in [2.05, 4.69) is 28.5 Å². The van der Waals surface area contributed by atoms with Gasteiger partial charge in [-0.3, -0.25) is 4.90 Å². The highest BCUT2D eigenvalue weighted by Gasteiger charge is 2.19. The fraction of sp³-hybridized carbons (Fsp3) is 1.00. The third-order valence-corrected chi connectivity index (χ3v) is 5.69. The Bertz CT molecular complexity index is 249. The van der Waals surface area contributed by atoms with Crippen LogP contribution in [0.2, 0.25) is 0 Å². The molecule has 5 nitrogen and oxygen atoms in total. The van der Waals surface area contributed by atoms with Crippen molar-refractivity contribution in [3.63, 3.8) is 0 Å². The molecule has 2 radical (unpaired) electrons. The van der Waals surface area contributed by atoms with E-state index in [4.69, 9.17) is 9.47 Å². The third-order valence-electron chi connectivity index (χ3n) is 4.39. The normalized spacial score (nSPS) is 17.2. The predicted octanol–water partition coefficient (Wildman–Crippen LogP) is 1.74. The van der Waals surface area contributed by atoms with Gasteiger partial charge in [-0.25, -0.2) is 0 Å². The molecule has 0 saturated carbocycles. The number of piperazine rings is 1. The summed E-state index contributed by atoms with van der Waals surface area (Å²) in [6.07, 6.45) is 3.63. The first-order valence-corrected chi connectivity index (χ1v) is 11.1. The molecule has 1 heterocycles. The van der Waals surface area contributed by atoms with Gasteiger partial charge in [0, 0.05) is 52.5 Å². The highest BCUT2D eigenvalue weighted by molar-refractivity contribution is 6.36. The quantitative estimate of drug-likeness (QED) is 0.349. The second-order valence-electron chi connectivity index (χ2n) is 6.41. The minimum absolute atomic E-state index is 0.00493. The molecule has 0 N–H and O–H groups in total. The molecule has 1 saturated heterocycles. The van der Waals surface area contributed by atoms with Crippen LogP contribution in [0.1, 0.15) is 40.5 Å². The molecule has 0 atom stereocenters. The van der Waals surface area contributed by atoms with Crippen LogP contribution in [0, 0.1) is 0 Å². The maximum atomic E-state index is 5.65. The molecule has 1 aliphatic heterocycles. The topological polar surface area (TPSA) is 28.2 Å². The van der Waals surface area contributed by atoms with Crippen LogP contribution < -0.4 is 0 Å². The fourth-order valence-electron chi connectivity index (χ4n) is 3.09. The van der Waals surface area contributed by atoms with Gasteiger partial charge in [0.25, 0.3) is 0 Å². The lowest BCUT2D eigenvalue weighted by molar-refractivity contribution is -0.0835. The molecule has 0 amide bonds. The van der Waals surface area contributed by atoms with Gasteiger partial charge in [0.2, 0.25) is 0 Å². The van der Waals surface area contributed by atoms with Crippen LogP contribution in [0.4, 0.5) is 0 Å². The Balaban J connectivity index is 2.18. The van der Waals surface area contributed by atoms with Crippen LogP contribution in [-0.2, 0) is 9.47 Å². The van der Waals surface area contributed by atoms with E-state index < -0.39 is 0 Å². The Morgan fingerprint density at radius 3 is 1.88 bits per heavy atom. The number of rotatable bonds is 14. The molecular formula is C18H39N3O2Si. The molecule has 0 aromatic heterocycles. The summed E-state index contributed by atoms with van der Waals surface area (Å²) in [5, 5.41) is 0. The molecule has 0 aliphatic carbocycles. The van der Waals surface area contributed by atoms with Gasteiger partial charge in [-0.05, 0) is 45.9 Å². The molecule has 0 spiro atoms. The van der Waals surface area contributed by atoms with Gasteiger partial charge < -0.3 is 19.3 Å². The second kappa shape index (κ2) is 14.2. The van der Waals surface area contributed by atoms with Crippen molar-refractivity contribution in [2.75, 3.05) is 71.7 Å².